The van der Waals surface area contributed by atoms with Crippen LogP contribution in [0.5, 0.6) is 5.75 Å². The van der Waals surface area contributed by atoms with Gasteiger partial charge in [-0.25, -0.2) is 0 Å². The Morgan fingerprint density at radius 1 is 1.10 bits per heavy atom. The average molecular weight is 418 g/mol. The number of piperidine rings is 1. The molecule has 3 aromatic rings. The molecule has 7 nitrogen and oxygen atoms in total. The maximum atomic E-state index is 12.9. The first kappa shape index (κ1) is 20.7. The van der Waals surface area contributed by atoms with Gasteiger partial charge < -0.3 is 15.0 Å². The summed E-state index contributed by atoms with van der Waals surface area (Å²) in [6.07, 6.45) is 1.42. The highest BCUT2D eigenvalue weighted by atomic mass is 16.5. The van der Waals surface area contributed by atoms with Crippen molar-refractivity contribution >= 4 is 11.8 Å². The SMILES string of the molecule is COc1cccc(C(=O)NC2CCN(C(=O)c3cc(-c4ccccc4C)n[nH]3)CC2)c1. The summed E-state index contributed by atoms with van der Waals surface area (Å²) in [7, 11) is 1.58. The zero-order valence-electron chi connectivity index (χ0n) is 17.7. The Bertz CT molecular complexity index is 1080. The Morgan fingerprint density at radius 2 is 1.87 bits per heavy atom. The summed E-state index contributed by atoms with van der Waals surface area (Å²) in [5, 5.41) is 10.3. The topological polar surface area (TPSA) is 87.3 Å². The number of amides is 2. The van der Waals surface area contributed by atoms with Crippen LogP contribution in [0.2, 0.25) is 0 Å². The molecule has 1 aliphatic rings. The molecule has 2 N–H and O–H groups in total. The van der Waals surface area contributed by atoms with Gasteiger partial charge in [-0.3, -0.25) is 14.7 Å². The van der Waals surface area contributed by atoms with Crippen LogP contribution in [0.3, 0.4) is 0 Å². The van der Waals surface area contributed by atoms with E-state index in [1.807, 2.05) is 36.1 Å². The molecular weight excluding hydrogens is 392 g/mol. The van der Waals surface area contributed by atoms with Gasteiger partial charge in [0.2, 0.25) is 0 Å². The molecule has 1 saturated heterocycles. The molecule has 0 atom stereocenters. The second-order valence-electron chi connectivity index (χ2n) is 7.75. The molecule has 31 heavy (non-hydrogen) atoms. The van der Waals surface area contributed by atoms with Gasteiger partial charge in [0.05, 0.1) is 12.8 Å². The van der Waals surface area contributed by atoms with Crippen molar-refractivity contribution in [2.45, 2.75) is 25.8 Å². The van der Waals surface area contributed by atoms with Gasteiger partial charge in [-0.2, -0.15) is 5.10 Å². The number of hydrogen-bond donors (Lipinski definition) is 2. The molecule has 0 radical (unpaired) electrons. The van der Waals surface area contributed by atoms with Gasteiger partial charge in [0.1, 0.15) is 11.4 Å². The first-order valence-electron chi connectivity index (χ1n) is 10.4. The Hall–Kier alpha value is -3.61. The van der Waals surface area contributed by atoms with Gasteiger partial charge in [0.15, 0.2) is 0 Å². The summed E-state index contributed by atoms with van der Waals surface area (Å²) in [4.78, 5) is 27.2. The van der Waals surface area contributed by atoms with Gasteiger partial charge in [-0.05, 0) is 49.6 Å². The number of carbonyl (C=O) groups excluding carboxylic acids is 2. The van der Waals surface area contributed by atoms with E-state index in [0.717, 1.165) is 16.8 Å². The van der Waals surface area contributed by atoms with E-state index in [1.165, 1.54) is 0 Å². The standard InChI is InChI=1S/C24H26N4O3/c1-16-6-3-4-9-20(16)21-15-22(27-26-21)24(30)28-12-10-18(11-13-28)25-23(29)17-7-5-8-19(14-17)31-2/h3-9,14-15,18H,10-13H2,1-2H3,(H,25,29)(H,26,27). The Labute approximate surface area is 181 Å². The van der Waals surface area contributed by atoms with Gasteiger partial charge in [-0.15, -0.1) is 0 Å². The number of hydrogen-bond acceptors (Lipinski definition) is 4. The van der Waals surface area contributed by atoms with Crippen LogP contribution in [-0.4, -0.2) is 53.2 Å². The van der Waals surface area contributed by atoms with Crippen LogP contribution < -0.4 is 10.1 Å². The van der Waals surface area contributed by atoms with Crippen molar-refractivity contribution in [1.29, 1.82) is 0 Å². The number of aryl methyl sites for hydroxylation is 1. The number of methoxy groups -OCH3 is 1. The second-order valence-corrected chi connectivity index (χ2v) is 7.75. The molecule has 4 rings (SSSR count). The molecule has 2 aromatic carbocycles. The minimum Gasteiger partial charge on any atom is -0.497 e. The van der Waals surface area contributed by atoms with Gasteiger partial charge in [0, 0.05) is 30.3 Å². The summed E-state index contributed by atoms with van der Waals surface area (Å²) in [5.74, 6) is 0.461. The first-order valence-corrected chi connectivity index (χ1v) is 10.4. The molecule has 0 saturated carbocycles. The molecular formula is C24H26N4O3. The average Bonchev–Trinajstić information content (AvgIpc) is 3.29. The minimum atomic E-state index is -0.125. The van der Waals surface area contributed by atoms with E-state index in [0.29, 0.717) is 42.9 Å². The van der Waals surface area contributed by atoms with Crippen LogP contribution in [0.25, 0.3) is 11.3 Å². The zero-order valence-corrected chi connectivity index (χ0v) is 17.7. The number of H-pyrrole nitrogens is 1. The molecule has 0 unspecified atom stereocenters. The number of carbonyl (C=O) groups is 2. The lowest BCUT2D eigenvalue weighted by molar-refractivity contribution is 0.0692. The predicted octanol–water partition coefficient (Wildman–Crippen LogP) is 3.43. The largest absolute Gasteiger partial charge is 0.497 e. The summed E-state index contributed by atoms with van der Waals surface area (Å²) in [6.45, 7) is 3.19. The summed E-state index contributed by atoms with van der Waals surface area (Å²) in [6, 6.07) is 16.9. The number of rotatable bonds is 5. The highest BCUT2D eigenvalue weighted by molar-refractivity contribution is 5.95. The number of likely N-dealkylation sites (tertiary alicyclic amines) is 1. The van der Waals surface area contributed by atoms with Crippen molar-refractivity contribution in [3.05, 3.63) is 71.4 Å². The molecule has 0 spiro atoms. The lowest BCUT2D eigenvalue weighted by Gasteiger charge is -2.32. The van der Waals surface area contributed by atoms with E-state index < -0.39 is 0 Å². The fourth-order valence-electron chi connectivity index (χ4n) is 3.86. The van der Waals surface area contributed by atoms with E-state index in [-0.39, 0.29) is 17.9 Å². The molecule has 0 aliphatic carbocycles. The van der Waals surface area contributed by atoms with E-state index in [4.69, 9.17) is 4.74 Å². The molecule has 160 valence electrons. The van der Waals surface area contributed by atoms with Crippen molar-refractivity contribution < 1.29 is 14.3 Å². The van der Waals surface area contributed by atoms with E-state index in [2.05, 4.69) is 15.5 Å². The molecule has 1 fully saturated rings. The zero-order chi connectivity index (χ0) is 21.8. The van der Waals surface area contributed by atoms with Crippen LogP contribution in [-0.2, 0) is 0 Å². The van der Waals surface area contributed by atoms with Crippen LogP contribution >= 0.6 is 0 Å². The Morgan fingerprint density at radius 3 is 2.61 bits per heavy atom. The summed E-state index contributed by atoms with van der Waals surface area (Å²) < 4.78 is 5.18. The van der Waals surface area contributed by atoms with Crippen molar-refractivity contribution in [1.82, 2.24) is 20.4 Å². The molecule has 1 aliphatic heterocycles. The highest BCUT2D eigenvalue weighted by Gasteiger charge is 2.26. The third-order valence-electron chi connectivity index (χ3n) is 5.68. The summed E-state index contributed by atoms with van der Waals surface area (Å²) in [5.41, 5.74) is 3.94. The number of benzene rings is 2. The van der Waals surface area contributed by atoms with Gasteiger partial charge >= 0.3 is 0 Å². The maximum absolute atomic E-state index is 12.9. The Balaban J connectivity index is 1.34. The molecule has 2 amide bonds. The van der Waals surface area contributed by atoms with Crippen molar-refractivity contribution in [2.75, 3.05) is 20.2 Å². The lowest BCUT2D eigenvalue weighted by Crippen LogP contribution is -2.46. The Kier molecular flexibility index (Phi) is 6.02. The van der Waals surface area contributed by atoms with E-state index >= 15 is 0 Å². The second kappa shape index (κ2) is 9.04. The molecule has 0 bridgehead atoms. The third kappa shape index (κ3) is 4.60. The van der Waals surface area contributed by atoms with E-state index in [1.54, 1.807) is 37.4 Å². The van der Waals surface area contributed by atoms with Gasteiger partial charge in [0.25, 0.3) is 11.8 Å². The number of nitrogens with zero attached hydrogens (tertiary/aromatic N) is 2. The highest BCUT2D eigenvalue weighted by Crippen LogP contribution is 2.23. The quantitative estimate of drug-likeness (QED) is 0.665. The van der Waals surface area contributed by atoms with Crippen LogP contribution in [0.4, 0.5) is 0 Å². The maximum Gasteiger partial charge on any atom is 0.271 e. The fourth-order valence-corrected chi connectivity index (χ4v) is 3.86. The normalized spacial score (nSPS) is 14.3. The van der Waals surface area contributed by atoms with Crippen LogP contribution in [0.1, 0.15) is 39.3 Å². The fraction of sp³-hybridized carbons (Fsp3) is 0.292. The molecule has 1 aromatic heterocycles. The molecule has 7 heteroatoms. The monoisotopic (exact) mass is 418 g/mol. The van der Waals surface area contributed by atoms with Crippen LogP contribution in [0, 0.1) is 6.92 Å². The predicted molar refractivity (Wildman–Crippen MR) is 118 cm³/mol. The van der Waals surface area contributed by atoms with Crippen molar-refractivity contribution in [3.8, 4) is 17.0 Å². The van der Waals surface area contributed by atoms with Gasteiger partial charge in [-0.1, -0.05) is 30.3 Å². The summed E-state index contributed by atoms with van der Waals surface area (Å²) >= 11 is 0. The number of aromatic nitrogens is 2. The van der Waals surface area contributed by atoms with Crippen molar-refractivity contribution in [2.24, 2.45) is 0 Å². The van der Waals surface area contributed by atoms with E-state index in [9.17, 15) is 9.59 Å². The first-order chi connectivity index (χ1) is 15.0. The lowest BCUT2D eigenvalue weighted by atomic mass is 10.0. The number of nitrogens with one attached hydrogen (secondary N) is 2. The third-order valence-corrected chi connectivity index (χ3v) is 5.68. The molecule has 2 heterocycles. The smallest absolute Gasteiger partial charge is 0.271 e. The van der Waals surface area contributed by atoms with Crippen LogP contribution in [0.15, 0.2) is 54.6 Å². The number of aromatic amines is 1. The number of ether oxygens (including phenoxy) is 1. The van der Waals surface area contributed by atoms with Crippen molar-refractivity contribution in [3.63, 3.8) is 0 Å². The minimum absolute atomic E-state index is 0.0343.